The van der Waals surface area contributed by atoms with Gasteiger partial charge in [0.15, 0.2) is 11.5 Å². The summed E-state index contributed by atoms with van der Waals surface area (Å²) in [5, 5.41) is 0.531. The zero-order valence-corrected chi connectivity index (χ0v) is 9.72. The third kappa shape index (κ3) is 2.86. The number of ether oxygens (including phenoxy) is 2. The third-order valence-corrected chi connectivity index (χ3v) is 2.18. The van der Waals surface area contributed by atoms with Gasteiger partial charge in [0.05, 0.1) is 14.2 Å². The lowest BCUT2D eigenvalue weighted by atomic mass is 10.1. The highest BCUT2D eigenvalue weighted by molar-refractivity contribution is 6.30. The normalized spacial score (nSPS) is 9.87. The van der Waals surface area contributed by atoms with Gasteiger partial charge >= 0.3 is 0 Å². The summed E-state index contributed by atoms with van der Waals surface area (Å²) in [6, 6.07) is 3.37. The van der Waals surface area contributed by atoms with E-state index in [1.54, 1.807) is 12.1 Å². The Kier molecular flexibility index (Phi) is 3.97. The summed E-state index contributed by atoms with van der Waals surface area (Å²) in [6.45, 7) is 1.52. The molecule has 0 fully saturated rings. The number of carbonyl (C=O) groups is 1. The molecule has 0 N–H and O–H groups in total. The van der Waals surface area contributed by atoms with E-state index in [2.05, 4.69) is 0 Å². The first-order valence-corrected chi connectivity index (χ1v) is 4.86. The molecule has 0 bridgehead atoms. The van der Waals surface area contributed by atoms with E-state index < -0.39 is 0 Å². The van der Waals surface area contributed by atoms with Gasteiger partial charge in [-0.15, -0.1) is 0 Å². The molecule has 1 aromatic rings. The molecule has 0 unspecified atom stereocenters. The van der Waals surface area contributed by atoms with Crippen LogP contribution in [0.4, 0.5) is 0 Å². The van der Waals surface area contributed by atoms with Crippen molar-refractivity contribution in [1.82, 2.24) is 0 Å². The largest absolute Gasteiger partial charge is 0.493 e. The number of Topliss-reactive ketones (excluding diaryl/α,β-unsaturated/α-hetero) is 1. The van der Waals surface area contributed by atoms with Gasteiger partial charge in [0, 0.05) is 23.1 Å². The van der Waals surface area contributed by atoms with Crippen LogP contribution in [0.15, 0.2) is 12.1 Å². The first-order valence-electron chi connectivity index (χ1n) is 4.48. The minimum Gasteiger partial charge on any atom is -0.493 e. The molecule has 3 nitrogen and oxygen atoms in total. The van der Waals surface area contributed by atoms with Crippen molar-refractivity contribution >= 4 is 17.4 Å². The standard InChI is InChI=1S/C11H13ClO3/c1-7(13)4-8-5-9(12)6-10(14-2)11(8)15-3/h5-6H,4H2,1-3H3. The summed E-state index contributed by atoms with van der Waals surface area (Å²) in [6.07, 6.45) is 0.292. The van der Waals surface area contributed by atoms with E-state index in [4.69, 9.17) is 21.1 Å². The Morgan fingerprint density at radius 2 is 2.00 bits per heavy atom. The molecule has 0 radical (unpaired) electrons. The molecule has 0 aliphatic rings. The summed E-state index contributed by atoms with van der Waals surface area (Å²) in [7, 11) is 3.07. The molecule has 0 aromatic heterocycles. The molecule has 1 aromatic carbocycles. The van der Waals surface area contributed by atoms with Gasteiger partial charge in [0.2, 0.25) is 0 Å². The molecule has 0 saturated carbocycles. The van der Waals surface area contributed by atoms with Crippen LogP contribution in [0.2, 0.25) is 5.02 Å². The zero-order chi connectivity index (χ0) is 11.4. The van der Waals surface area contributed by atoms with Crippen LogP contribution in [0.1, 0.15) is 12.5 Å². The number of hydrogen-bond acceptors (Lipinski definition) is 3. The van der Waals surface area contributed by atoms with Crippen LogP contribution in [-0.2, 0) is 11.2 Å². The van der Waals surface area contributed by atoms with Crippen LogP contribution in [0.25, 0.3) is 0 Å². The van der Waals surface area contributed by atoms with E-state index in [0.29, 0.717) is 22.9 Å². The van der Waals surface area contributed by atoms with E-state index in [9.17, 15) is 4.79 Å². The molecule has 15 heavy (non-hydrogen) atoms. The van der Waals surface area contributed by atoms with Gasteiger partial charge in [-0.1, -0.05) is 11.6 Å². The van der Waals surface area contributed by atoms with Crippen molar-refractivity contribution in [3.05, 3.63) is 22.7 Å². The molecule has 0 saturated heterocycles. The van der Waals surface area contributed by atoms with Gasteiger partial charge in [0.1, 0.15) is 5.78 Å². The van der Waals surface area contributed by atoms with Gasteiger partial charge < -0.3 is 9.47 Å². The fourth-order valence-electron chi connectivity index (χ4n) is 1.41. The molecule has 1 rings (SSSR count). The van der Waals surface area contributed by atoms with Crippen LogP contribution in [0.5, 0.6) is 11.5 Å². The second-order valence-corrected chi connectivity index (χ2v) is 3.62. The topological polar surface area (TPSA) is 35.5 Å². The fourth-order valence-corrected chi connectivity index (χ4v) is 1.64. The van der Waals surface area contributed by atoms with Gasteiger partial charge in [-0.3, -0.25) is 4.79 Å². The number of carbonyl (C=O) groups excluding carboxylic acids is 1. The quantitative estimate of drug-likeness (QED) is 0.794. The van der Waals surface area contributed by atoms with Gasteiger partial charge in [-0.2, -0.15) is 0 Å². The maximum atomic E-state index is 11.1. The van der Waals surface area contributed by atoms with Crippen molar-refractivity contribution in [2.75, 3.05) is 14.2 Å². The molecule has 82 valence electrons. The Labute approximate surface area is 93.9 Å². The molecule has 0 spiro atoms. The van der Waals surface area contributed by atoms with Crippen molar-refractivity contribution in [3.8, 4) is 11.5 Å². The highest BCUT2D eigenvalue weighted by Gasteiger charge is 2.12. The Balaban J connectivity index is 3.22. The van der Waals surface area contributed by atoms with Crippen LogP contribution < -0.4 is 9.47 Å². The van der Waals surface area contributed by atoms with Crippen molar-refractivity contribution < 1.29 is 14.3 Å². The summed E-state index contributed by atoms with van der Waals surface area (Å²) < 4.78 is 10.3. The average molecular weight is 229 g/mol. The van der Waals surface area contributed by atoms with Gasteiger partial charge in [0.25, 0.3) is 0 Å². The predicted octanol–water partition coefficient (Wildman–Crippen LogP) is 2.49. The third-order valence-electron chi connectivity index (χ3n) is 1.96. The summed E-state index contributed by atoms with van der Waals surface area (Å²) in [5.74, 6) is 1.16. The Hall–Kier alpha value is -1.22. The number of benzene rings is 1. The number of ketones is 1. The van der Waals surface area contributed by atoms with Crippen molar-refractivity contribution in [3.63, 3.8) is 0 Å². The first-order chi connectivity index (χ1) is 7.08. The predicted molar refractivity (Wildman–Crippen MR) is 58.9 cm³/mol. The Bertz CT molecular complexity index is 374. The molecule has 4 heteroatoms. The Morgan fingerprint density at radius 3 is 2.47 bits per heavy atom. The molecule has 0 amide bonds. The lowest BCUT2D eigenvalue weighted by Gasteiger charge is -2.12. The average Bonchev–Trinajstić information content (AvgIpc) is 2.15. The lowest BCUT2D eigenvalue weighted by Crippen LogP contribution is -2.01. The van der Waals surface area contributed by atoms with E-state index in [1.165, 1.54) is 21.1 Å². The number of rotatable bonds is 4. The monoisotopic (exact) mass is 228 g/mol. The second-order valence-electron chi connectivity index (χ2n) is 3.18. The molecular weight excluding hydrogens is 216 g/mol. The van der Waals surface area contributed by atoms with Crippen LogP contribution in [0.3, 0.4) is 0 Å². The smallest absolute Gasteiger partial charge is 0.164 e. The second kappa shape index (κ2) is 5.03. The maximum absolute atomic E-state index is 11.1. The highest BCUT2D eigenvalue weighted by atomic mass is 35.5. The van der Waals surface area contributed by atoms with E-state index >= 15 is 0 Å². The minimum absolute atomic E-state index is 0.0534. The Morgan fingerprint density at radius 1 is 1.33 bits per heavy atom. The van der Waals surface area contributed by atoms with Crippen LogP contribution in [-0.4, -0.2) is 20.0 Å². The molecule has 0 aliphatic carbocycles. The summed E-state index contributed by atoms with van der Waals surface area (Å²) in [4.78, 5) is 11.1. The molecular formula is C11H13ClO3. The molecule has 0 aliphatic heterocycles. The lowest BCUT2D eigenvalue weighted by molar-refractivity contribution is -0.116. The fraction of sp³-hybridized carbons (Fsp3) is 0.364. The number of halogens is 1. The summed E-state index contributed by atoms with van der Waals surface area (Å²) >= 11 is 5.89. The highest BCUT2D eigenvalue weighted by Crippen LogP contribution is 2.34. The van der Waals surface area contributed by atoms with E-state index in [0.717, 1.165) is 5.56 Å². The zero-order valence-electron chi connectivity index (χ0n) is 8.96. The first kappa shape index (κ1) is 11.9. The van der Waals surface area contributed by atoms with Crippen molar-refractivity contribution in [2.45, 2.75) is 13.3 Å². The molecule has 0 heterocycles. The van der Waals surface area contributed by atoms with Crippen LogP contribution in [0, 0.1) is 0 Å². The van der Waals surface area contributed by atoms with Crippen molar-refractivity contribution in [2.24, 2.45) is 0 Å². The maximum Gasteiger partial charge on any atom is 0.164 e. The minimum atomic E-state index is 0.0534. The van der Waals surface area contributed by atoms with Gasteiger partial charge in [-0.05, 0) is 13.0 Å². The van der Waals surface area contributed by atoms with E-state index in [1.807, 2.05) is 0 Å². The molecule has 0 atom stereocenters. The van der Waals surface area contributed by atoms with Crippen LogP contribution >= 0.6 is 11.6 Å². The SMILES string of the molecule is COc1cc(Cl)cc(CC(C)=O)c1OC. The number of methoxy groups -OCH3 is 2. The number of hydrogen-bond donors (Lipinski definition) is 0. The van der Waals surface area contributed by atoms with Crippen molar-refractivity contribution in [1.29, 1.82) is 0 Å². The summed E-state index contributed by atoms with van der Waals surface area (Å²) in [5.41, 5.74) is 0.745. The van der Waals surface area contributed by atoms with E-state index in [-0.39, 0.29) is 5.78 Å². The van der Waals surface area contributed by atoms with Gasteiger partial charge in [-0.25, -0.2) is 0 Å².